The Hall–Kier alpha value is -2.18. The Bertz CT molecular complexity index is 464. The summed E-state index contributed by atoms with van der Waals surface area (Å²) in [5, 5.41) is 10.2. The van der Waals surface area contributed by atoms with Crippen molar-refractivity contribution in [2.75, 3.05) is 17.7 Å². The molecule has 0 atom stereocenters. The Kier molecular flexibility index (Phi) is 2.95. The molecule has 2 aromatic rings. The number of hydrogen-bond donors (Lipinski definition) is 2. The number of rotatable bonds is 4. The molecule has 0 aliphatic rings. The summed E-state index contributed by atoms with van der Waals surface area (Å²) in [5.41, 5.74) is 0. The Morgan fingerprint density at radius 2 is 2.12 bits per heavy atom. The number of nitrogens with zero attached hydrogens (tertiary/aromatic N) is 5. The van der Waals surface area contributed by atoms with Crippen molar-refractivity contribution in [3.05, 3.63) is 24.5 Å². The van der Waals surface area contributed by atoms with E-state index < -0.39 is 0 Å². The zero-order valence-electron chi connectivity index (χ0n) is 9.18. The molecular weight excluding hydrogens is 206 g/mol. The molecule has 16 heavy (non-hydrogen) atoms. The molecule has 2 heterocycles. The van der Waals surface area contributed by atoms with Crippen LogP contribution >= 0.6 is 0 Å². The number of aryl methyl sites for hydroxylation is 1. The second-order valence-corrected chi connectivity index (χ2v) is 3.23. The van der Waals surface area contributed by atoms with Gasteiger partial charge in [-0.2, -0.15) is 5.10 Å². The first-order valence-electron chi connectivity index (χ1n) is 4.86. The van der Waals surface area contributed by atoms with Gasteiger partial charge >= 0.3 is 0 Å². The van der Waals surface area contributed by atoms with Crippen molar-refractivity contribution in [1.82, 2.24) is 24.7 Å². The summed E-state index contributed by atoms with van der Waals surface area (Å²) < 4.78 is 1.66. The molecule has 0 spiro atoms. The highest BCUT2D eigenvalue weighted by atomic mass is 15.3. The molecule has 7 heteroatoms. The predicted octanol–water partition coefficient (Wildman–Crippen LogP) is 0.259. The van der Waals surface area contributed by atoms with Crippen LogP contribution in [0.15, 0.2) is 18.7 Å². The molecule has 7 nitrogen and oxygen atoms in total. The van der Waals surface area contributed by atoms with E-state index in [1.165, 1.54) is 0 Å². The maximum atomic E-state index is 4.27. The van der Waals surface area contributed by atoms with Crippen LogP contribution in [0.2, 0.25) is 0 Å². The van der Waals surface area contributed by atoms with Crippen molar-refractivity contribution < 1.29 is 0 Å². The number of hydrogen-bond acceptors (Lipinski definition) is 6. The van der Waals surface area contributed by atoms with E-state index in [1.807, 2.05) is 7.05 Å². The van der Waals surface area contributed by atoms with Gasteiger partial charge in [-0.25, -0.2) is 9.97 Å². The van der Waals surface area contributed by atoms with Crippen molar-refractivity contribution in [2.45, 2.75) is 6.54 Å². The molecule has 84 valence electrons. The third-order valence-electron chi connectivity index (χ3n) is 1.97. The average Bonchev–Trinajstić information content (AvgIpc) is 2.73. The molecule has 0 bridgehead atoms. The quantitative estimate of drug-likeness (QED) is 0.767. The lowest BCUT2D eigenvalue weighted by Gasteiger charge is -2.04. The van der Waals surface area contributed by atoms with E-state index in [0.717, 1.165) is 11.6 Å². The van der Waals surface area contributed by atoms with Gasteiger partial charge < -0.3 is 10.6 Å². The van der Waals surface area contributed by atoms with Crippen molar-refractivity contribution in [3.63, 3.8) is 0 Å². The summed E-state index contributed by atoms with van der Waals surface area (Å²) >= 11 is 0. The summed E-state index contributed by atoms with van der Waals surface area (Å²) in [6, 6.07) is 0. The maximum absolute atomic E-state index is 4.27. The van der Waals surface area contributed by atoms with Gasteiger partial charge in [-0.1, -0.05) is 0 Å². The van der Waals surface area contributed by atoms with Gasteiger partial charge in [-0.3, -0.25) is 9.67 Å². The normalized spacial score (nSPS) is 10.1. The van der Waals surface area contributed by atoms with Gasteiger partial charge in [-0.15, -0.1) is 0 Å². The average molecular weight is 219 g/mol. The Morgan fingerprint density at radius 3 is 2.81 bits per heavy atom. The van der Waals surface area contributed by atoms with Crippen LogP contribution in [0, 0.1) is 0 Å². The van der Waals surface area contributed by atoms with Crippen molar-refractivity contribution >= 4 is 11.6 Å². The smallest absolute Gasteiger partial charge is 0.169 e. The first-order chi connectivity index (χ1) is 7.78. The SMILES string of the molecule is CNc1cncc(NCc2ncn(C)n2)n1. The van der Waals surface area contributed by atoms with Crippen LogP contribution in [0.3, 0.4) is 0 Å². The largest absolute Gasteiger partial charge is 0.372 e. The van der Waals surface area contributed by atoms with Gasteiger partial charge in [0.25, 0.3) is 0 Å². The predicted molar refractivity (Wildman–Crippen MR) is 59.9 cm³/mol. The summed E-state index contributed by atoms with van der Waals surface area (Å²) in [6.45, 7) is 0.530. The second kappa shape index (κ2) is 4.56. The van der Waals surface area contributed by atoms with Crippen LogP contribution in [0.25, 0.3) is 0 Å². The molecule has 0 amide bonds. The van der Waals surface area contributed by atoms with Crippen molar-refractivity contribution in [1.29, 1.82) is 0 Å². The molecule has 2 rings (SSSR count). The zero-order chi connectivity index (χ0) is 11.4. The summed E-state index contributed by atoms with van der Waals surface area (Å²) in [7, 11) is 3.63. The molecule has 0 aromatic carbocycles. The summed E-state index contributed by atoms with van der Waals surface area (Å²) in [6.07, 6.45) is 4.97. The number of anilines is 2. The topological polar surface area (TPSA) is 80.5 Å². The van der Waals surface area contributed by atoms with Gasteiger partial charge in [0.1, 0.15) is 18.0 Å². The lowest BCUT2D eigenvalue weighted by atomic mass is 10.5. The number of aromatic nitrogens is 5. The first-order valence-corrected chi connectivity index (χ1v) is 4.86. The van der Waals surface area contributed by atoms with Gasteiger partial charge in [0.2, 0.25) is 0 Å². The minimum Gasteiger partial charge on any atom is -0.372 e. The lowest BCUT2D eigenvalue weighted by molar-refractivity contribution is 0.747. The van der Waals surface area contributed by atoms with E-state index >= 15 is 0 Å². The fourth-order valence-electron chi connectivity index (χ4n) is 1.21. The Morgan fingerprint density at radius 1 is 1.31 bits per heavy atom. The number of nitrogens with one attached hydrogen (secondary N) is 2. The minimum atomic E-state index is 0.530. The minimum absolute atomic E-state index is 0.530. The van der Waals surface area contributed by atoms with Crippen molar-refractivity contribution in [2.24, 2.45) is 7.05 Å². The van der Waals surface area contributed by atoms with Gasteiger partial charge in [0.05, 0.1) is 18.9 Å². The summed E-state index contributed by atoms with van der Waals surface area (Å²) in [4.78, 5) is 12.4. The molecule has 0 saturated carbocycles. The van der Waals surface area contributed by atoms with Crippen LogP contribution in [-0.2, 0) is 13.6 Å². The van der Waals surface area contributed by atoms with E-state index in [9.17, 15) is 0 Å². The van der Waals surface area contributed by atoms with E-state index in [0.29, 0.717) is 12.4 Å². The Labute approximate surface area is 92.9 Å². The molecule has 0 fully saturated rings. The third kappa shape index (κ3) is 2.44. The van der Waals surface area contributed by atoms with Crippen LogP contribution in [-0.4, -0.2) is 31.8 Å². The van der Waals surface area contributed by atoms with Crippen LogP contribution in [0.1, 0.15) is 5.82 Å². The second-order valence-electron chi connectivity index (χ2n) is 3.23. The zero-order valence-corrected chi connectivity index (χ0v) is 9.18. The van der Waals surface area contributed by atoms with Crippen molar-refractivity contribution in [3.8, 4) is 0 Å². The monoisotopic (exact) mass is 219 g/mol. The highest BCUT2D eigenvalue weighted by Gasteiger charge is 2.00. The van der Waals surface area contributed by atoms with E-state index in [4.69, 9.17) is 0 Å². The van der Waals surface area contributed by atoms with E-state index in [2.05, 4.69) is 30.7 Å². The lowest BCUT2D eigenvalue weighted by Crippen LogP contribution is -2.05. The third-order valence-corrected chi connectivity index (χ3v) is 1.97. The van der Waals surface area contributed by atoms with E-state index in [1.54, 1.807) is 30.5 Å². The molecule has 0 unspecified atom stereocenters. The van der Waals surface area contributed by atoms with E-state index in [-0.39, 0.29) is 0 Å². The fraction of sp³-hybridized carbons (Fsp3) is 0.333. The van der Waals surface area contributed by atoms with Crippen LogP contribution in [0.4, 0.5) is 11.6 Å². The van der Waals surface area contributed by atoms with Gasteiger partial charge in [0.15, 0.2) is 5.82 Å². The fourth-order valence-corrected chi connectivity index (χ4v) is 1.21. The molecule has 0 aliphatic heterocycles. The van der Waals surface area contributed by atoms with Crippen LogP contribution < -0.4 is 10.6 Å². The molecule has 2 N–H and O–H groups in total. The highest BCUT2D eigenvalue weighted by Crippen LogP contribution is 2.06. The molecule has 0 aliphatic carbocycles. The van der Waals surface area contributed by atoms with Gasteiger partial charge in [-0.05, 0) is 0 Å². The highest BCUT2D eigenvalue weighted by molar-refractivity contribution is 5.40. The van der Waals surface area contributed by atoms with Crippen LogP contribution in [0.5, 0.6) is 0 Å². The molecular formula is C9H13N7. The first kappa shape index (κ1) is 10.3. The molecule has 0 radical (unpaired) electrons. The maximum Gasteiger partial charge on any atom is 0.169 e. The molecule has 2 aromatic heterocycles. The summed E-state index contributed by atoms with van der Waals surface area (Å²) in [5.74, 6) is 2.14. The standard InChI is InChI=1S/C9H13N7/c1-10-7-3-11-4-8(14-7)12-5-9-13-6-16(2)15-9/h3-4,6H,5H2,1-2H3,(H2,10,12,14). The molecule has 0 saturated heterocycles. The Balaban J connectivity index is 1.99. The van der Waals surface area contributed by atoms with Gasteiger partial charge in [0, 0.05) is 14.1 Å².